The Morgan fingerprint density at radius 3 is 2.86 bits per heavy atom. The van der Waals surface area contributed by atoms with Crippen LogP contribution in [-0.2, 0) is 37.5 Å². The second-order valence-electron chi connectivity index (χ2n) is 4.85. The quantitative estimate of drug-likeness (QED) is 0.535. The van der Waals surface area contributed by atoms with Gasteiger partial charge in [0.05, 0.1) is 0 Å². The van der Waals surface area contributed by atoms with Gasteiger partial charge in [-0.2, -0.15) is 0 Å². The zero-order valence-electron chi connectivity index (χ0n) is 12.7. The monoisotopic (exact) mass is 435 g/mol. The van der Waals surface area contributed by atoms with Crippen molar-refractivity contribution in [3.05, 3.63) is 34.3 Å². The third-order valence-electron chi connectivity index (χ3n) is 3.37. The molecule has 1 atom stereocenters. The van der Waals surface area contributed by atoms with Crippen molar-refractivity contribution in [3.63, 3.8) is 0 Å². The molecule has 0 aromatic heterocycles. The first-order valence-electron chi connectivity index (χ1n) is 6.86. The number of allylic oxidation sites excluding steroid dienone is 1. The molecule has 0 N–H and O–H groups in total. The summed E-state index contributed by atoms with van der Waals surface area (Å²) < 4.78 is 6.25. The van der Waals surface area contributed by atoms with Gasteiger partial charge in [0.2, 0.25) is 5.91 Å². The van der Waals surface area contributed by atoms with E-state index in [1.54, 1.807) is 4.90 Å². The molecule has 0 saturated carbocycles. The molecular formula is C17H17BrNO2Y-. The number of carbonyl (C=O) groups is 1. The molecule has 3 nitrogen and oxygen atoms in total. The molecule has 0 saturated heterocycles. The second-order valence-corrected chi connectivity index (χ2v) is 5.70. The first-order chi connectivity index (χ1) is 10.1. The van der Waals surface area contributed by atoms with E-state index in [9.17, 15) is 4.79 Å². The first-order valence-corrected chi connectivity index (χ1v) is 7.66. The molecule has 1 amide bonds. The molecule has 0 bridgehead atoms. The number of terminal acetylenes is 1. The van der Waals surface area contributed by atoms with Crippen molar-refractivity contribution in [1.82, 2.24) is 4.90 Å². The first kappa shape index (κ1) is 19.4. The Hall–Kier alpha value is -0.626. The van der Waals surface area contributed by atoms with Crippen LogP contribution >= 0.6 is 15.9 Å². The molecule has 2 rings (SSSR count). The molecule has 1 unspecified atom stereocenters. The zero-order valence-corrected chi connectivity index (χ0v) is 17.2. The van der Waals surface area contributed by atoms with E-state index in [1.165, 1.54) is 0 Å². The molecule has 1 radical (unpaired) electrons. The van der Waals surface area contributed by atoms with E-state index >= 15 is 0 Å². The third kappa shape index (κ3) is 4.22. The van der Waals surface area contributed by atoms with Crippen molar-refractivity contribution in [2.45, 2.75) is 20.3 Å². The number of hydrogen-bond donors (Lipinski definition) is 0. The van der Waals surface area contributed by atoms with E-state index in [2.05, 4.69) is 27.9 Å². The Balaban J connectivity index is 0.00000242. The van der Waals surface area contributed by atoms with Crippen LogP contribution in [-0.4, -0.2) is 24.0 Å². The van der Waals surface area contributed by atoms with Gasteiger partial charge < -0.3 is 9.64 Å². The molecule has 1 heterocycles. The summed E-state index contributed by atoms with van der Waals surface area (Å²) in [5, 5.41) is 0. The van der Waals surface area contributed by atoms with Gasteiger partial charge in [0.25, 0.3) is 0 Å². The van der Waals surface area contributed by atoms with Crippen LogP contribution in [0.2, 0.25) is 0 Å². The summed E-state index contributed by atoms with van der Waals surface area (Å²) in [6.07, 6.45) is 9.16. The summed E-state index contributed by atoms with van der Waals surface area (Å²) in [5.41, 5.74) is 1.76. The van der Waals surface area contributed by atoms with Crippen molar-refractivity contribution in [1.29, 1.82) is 0 Å². The fraction of sp³-hybridized carbons (Fsp3) is 0.353. The smallest absolute Gasteiger partial charge is 0.225 e. The zero-order chi connectivity index (χ0) is 15.4. The predicted octanol–water partition coefficient (Wildman–Crippen LogP) is 3.49. The number of nitrogens with zero attached hydrogens (tertiary/aromatic N) is 1. The number of hydrogen-bond acceptors (Lipinski definition) is 2. The maximum Gasteiger partial charge on any atom is 0.225 e. The SMILES string of the molecule is C#CCOc1ccc(C2=[C-]CC(C)C(=O)N2CC)c(Br)c1.[Y]. The minimum atomic E-state index is -0.00860. The normalized spacial score (nSPS) is 17.4. The van der Waals surface area contributed by atoms with Gasteiger partial charge in [-0.25, -0.2) is 6.08 Å². The molecule has 0 fully saturated rings. The van der Waals surface area contributed by atoms with Gasteiger partial charge in [0.15, 0.2) is 0 Å². The standard InChI is InChI=1S/C17H17BrNO2.Y/c1-4-10-21-13-7-8-14(15(18)11-13)16-9-6-12(3)17(20)19(16)5-2;/h1,7-8,11-12H,5-6,10H2,2-3H3;/q-1;. The van der Waals surface area contributed by atoms with Gasteiger partial charge in [-0.15, -0.1) is 23.8 Å². The number of rotatable bonds is 4. The summed E-state index contributed by atoms with van der Waals surface area (Å²) in [6.45, 7) is 4.77. The summed E-state index contributed by atoms with van der Waals surface area (Å²) in [7, 11) is 0. The van der Waals surface area contributed by atoms with Crippen LogP contribution in [0.5, 0.6) is 5.75 Å². The maximum atomic E-state index is 12.3. The van der Waals surface area contributed by atoms with E-state index in [4.69, 9.17) is 11.2 Å². The van der Waals surface area contributed by atoms with E-state index in [-0.39, 0.29) is 51.1 Å². The molecule has 113 valence electrons. The molecule has 0 spiro atoms. The van der Waals surface area contributed by atoms with Crippen LogP contribution in [0.15, 0.2) is 22.7 Å². The van der Waals surface area contributed by atoms with Gasteiger partial charge >= 0.3 is 0 Å². The minimum absolute atomic E-state index is 0. The van der Waals surface area contributed by atoms with Crippen LogP contribution < -0.4 is 4.74 Å². The Morgan fingerprint density at radius 1 is 1.55 bits per heavy atom. The predicted molar refractivity (Wildman–Crippen MR) is 86.3 cm³/mol. The van der Waals surface area contributed by atoms with Crippen LogP contribution in [0.25, 0.3) is 5.70 Å². The molecule has 0 aliphatic carbocycles. The maximum absolute atomic E-state index is 12.3. The fourth-order valence-corrected chi connectivity index (χ4v) is 2.81. The Morgan fingerprint density at radius 2 is 2.27 bits per heavy atom. The average molecular weight is 436 g/mol. The van der Waals surface area contributed by atoms with Gasteiger partial charge in [0, 0.05) is 45.2 Å². The van der Waals surface area contributed by atoms with Crippen molar-refractivity contribution >= 4 is 27.5 Å². The molecule has 1 aliphatic rings. The molecule has 1 aromatic rings. The number of halogens is 1. The van der Waals surface area contributed by atoms with E-state index in [0.29, 0.717) is 18.7 Å². The summed E-state index contributed by atoms with van der Waals surface area (Å²) in [5.74, 6) is 3.27. The Bertz CT molecular complexity index is 622. The molecule has 22 heavy (non-hydrogen) atoms. The second kappa shape index (κ2) is 8.86. The summed E-state index contributed by atoms with van der Waals surface area (Å²) >= 11 is 3.54. The number of carbonyl (C=O) groups excluding carboxylic acids is 1. The van der Waals surface area contributed by atoms with Crippen LogP contribution in [0, 0.1) is 24.3 Å². The topological polar surface area (TPSA) is 29.5 Å². The van der Waals surface area contributed by atoms with Crippen molar-refractivity contribution < 1.29 is 42.2 Å². The van der Waals surface area contributed by atoms with Crippen LogP contribution in [0.3, 0.4) is 0 Å². The van der Waals surface area contributed by atoms with E-state index in [0.717, 1.165) is 15.7 Å². The largest absolute Gasteiger partial charge is 0.481 e. The Labute approximate surface area is 165 Å². The van der Waals surface area contributed by atoms with Crippen molar-refractivity contribution in [3.8, 4) is 18.1 Å². The number of benzene rings is 1. The molecule has 1 aromatic carbocycles. The van der Waals surface area contributed by atoms with Crippen LogP contribution in [0.4, 0.5) is 0 Å². The molecular weight excluding hydrogens is 419 g/mol. The third-order valence-corrected chi connectivity index (χ3v) is 4.02. The number of ether oxygens (including phenoxy) is 1. The van der Waals surface area contributed by atoms with Crippen molar-refractivity contribution in [2.24, 2.45) is 5.92 Å². The van der Waals surface area contributed by atoms with Gasteiger partial charge in [-0.1, -0.05) is 39.7 Å². The van der Waals surface area contributed by atoms with Gasteiger partial charge in [0.1, 0.15) is 12.4 Å². The van der Waals surface area contributed by atoms with Gasteiger partial charge in [-0.3, -0.25) is 4.79 Å². The summed E-state index contributed by atoms with van der Waals surface area (Å²) in [4.78, 5) is 14.0. The molecule has 5 heteroatoms. The Kier molecular flexibility index (Phi) is 7.82. The van der Waals surface area contributed by atoms with Crippen LogP contribution in [0.1, 0.15) is 25.8 Å². The molecule has 1 aliphatic heterocycles. The summed E-state index contributed by atoms with van der Waals surface area (Å²) in [6, 6.07) is 5.63. The fourth-order valence-electron chi connectivity index (χ4n) is 2.27. The number of amides is 1. The van der Waals surface area contributed by atoms with Gasteiger partial charge in [-0.05, 0) is 19.1 Å². The minimum Gasteiger partial charge on any atom is -0.481 e. The van der Waals surface area contributed by atoms with Crippen molar-refractivity contribution in [2.75, 3.05) is 13.2 Å². The average Bonchev–Trinajstić information content (AvgIpc) is 2.48. The van der Waals surface area contributed by atoms with E-state index < -0.39 is 0 Å². The van der Waals surface area contributed by atoms with E-state index in [1.807, 2.05) is 32.0 Å².